The van der Waals surface area contributed by atoms with Gasteiger partial charge in [0.2, 0.25) is 0 Å². The maximum Gasteiger partial charge on any atom is 0.176 e. The molecular formula is C20H23NO2. The van der Waals surface area contributed by atoms with Crippen LogP contribution in [-0.4, -0.2) is 30.3 Å². The Morgan fingerprint density at radius 3 is 2.52 bits per heavy atom. The second kappa shape index (κ2) is 7.42. The summed E-state index contributed by atoms with van der Waals surface area (Å²) in [6.07, 6.45) is 2.41. The molecule has 3 rings (SSSR count). The fourth-order valence-electron chi connectivity index (χ4n) is 2.94. The van der Waals surface area contributed by atoms with Gasteiger partial charge in [0.15, 0.2) is 5.78 Å². The number of likely N-dealkylation sites (tertiary alicyclic amines) is 1. The van der Waals surface area contributed by atoms with Crippen molar-refractivity contribution in [3.05, 3.63) is 65.2 Å². The Bertz CT molecular complexity index is 658. The van der Waals surface area contributed by atoms with Crippen molar-refractivity contribution in [2.45, 2.75) is 26.4 Å². The molecule has 0 spiro atoms. The largest absolute Gasteiger partial charge is 0.489 e. The van der Waals surface area contributed by atoms with Crippen LogP contribution < -0.4 is 4.74 Å². The second-order valence-corrected chi connectivity index (χ2v) is 6.21. The minimum Gasteiger partial charge on any atom is -0.489 e. The molecule has 1 aliphatic heterocycles. The standard InChI is InChI=1S/C20H23NO2/c1-16-5-4-6-17(13-16)15-23-19-9-7-18(8-10-19)20(22)14-21-11-2-3-12-21/h4-10,13H,2-3,11-12,14-15H2,1H3. The molecule has 0 unspecified atom stereocenters. The average Bonchev–Trinajstić information content (AvgIpc) is 3.06. The first kappa shape index (κ1) is 15.8. The van der Waals surface area contributed by atoms with Crippen LogP contribution in [0.25, 0.3) is 0 Å². The summed E-state index contributed by atoms with van der Waals surface area (Å²) in [5, 5.41) is 0. The smallest absolute Gasteiger partial charge is 0.176 e. The Labute approximate surface area is 137 Å². The van der Waals surface area contributed by atoms with Crippen LogP contribution in [0.5, 0.6) is 5.75 Å². The van der Waals surface area contributed by atoms with Gasteiger partial charge in [-0.1, -0.05) is 29.8 Å². The molecule has 1 fully saturated rings. The van der Waals surface area contributed by atoms with Gasteiger partial charge in [0, 0.05) is 5.56 Å². The third-order valence-electron chi connectivity index (χ3n) is 4.23. The normalized spacial score (nSPS) is 14.8. The Kier molecular flexibility index (Phi) is 5.09. The highest BCUT2D eigenvalue weighted by Gasteiger charge is 2.16. The Morgan fingerprint density at radius 2 is 1.83 bits per heavy atom. The van der Waals surface area contributed by atoms with Crippen molar-refractivity contribution in [3.8, 4) is 5.75 Å². The van der Waals surface area contributed by atoms with E-state index in [1.165, 1.54) is 18.4 Å². The van der Waals surface area contributed by atoms with Crippen molar-refractivity contribution < 1.29 is 9.53 Å². The van der Waals surface area contributed by atoms with Gasteiger partial charge in [0.1, 0.15) is 12.4 Å². The molecule has 1 heterocycles. The van der Waals surface area contributed by atoms with Crippen molar-refractivity contribution in [3.63, 3.8) is 0 Å². The van der Waals surface area contributed by atoms with E-state index in [1.807, 2.05) is 30.3 Å². The van der Waals surface area contributed by atoms with Crippen LogP contribution in [-0.2, 0) is 6.61 Å². The number of rotatable bonds is 6. The number of hydrogen-bond acceptors (Lipinski definition) is 3. The topological polar surface area (TPSA) is 29.5 Å². The lowest BCUT2D eigenvalue weighted by Crippen LogP contribution is -2.26. The van der Waals surface area contributed by atoms with Crippen LogP contribution in [0.4, 0.5) is 0 Å². The van der Waals surface area contributed by atoms with E-state index < -0.39 is 0 Å². The summed E-state index contributed by atoms with van der Waals surface area (Å²) in [6, 6.07) is 15.8. The van der Waals surface area contributed by atoms with E-state index in [2.05, 4.69) is 30.0 Å². The average molecular weight is 309 g/mol. The van der Waals surface area contributed by atoms with Gasteiger partial charge >= 0.3 is 0 Å². The van der Waals surface area contributed by atoms with Crippen LogP contribution in [0.1, 0.15) is 34.3 Å². The van der Waals surface area contributed by atoms with Crippen molar-refractivity contribution >= 4 is 5.78 Å². The number of ether oxygens (including phenoxy) is 1. The molecule has 2 aromatic carbocycles. The summed E-state index contributed by atoms with van der Waals surface area (Å²) in [5.41, 5.74) is 3.15. The molecule has 0 aliphatic carbocycles. The van der Waals surface area contributed by atoms with Crippen molar-refractivity contribution in [2.24, 2.45) is 0 Å². The summed E-state index contributed by atoms with van der Waals surface area (Å²) in [6.45, 7) is 5.24. The SMILES string of the molecule is Cc1cccc(COc2ccc(C(=O)CN3CCCC3)cc2)c1. The van der Waals surface area contributed by atoms with Crippen molar-refractivity contribution in [1.82, 2.24) is 4.90 Å². The van der Waals surface area contributed by atoms with E-state index in [9.17, 15) is 4.79 Å². The second-order valence-electron chi connectivity index (χ2n) is 6.21. The molecule has 3 heteroatoms. The first-order valence-corrected chi connectivity index (χ1v) is 8.25. The Hall–Kier alpha value is -2.13. The molecule has 3 nitrogen and oxygen atoms in total. The number of aryl methyl sites for hydroxylation is 1. The van der Waals surface area contributed by atoms with Crippen LogP contribution in [0.15, 0.2) is 48.5 Å². The fraction of sp³-hybridized carbons (Fsp3) is 0.350. The molecule has 1 saturated heterocycles. The third-order valence-corrected chi connectivity index (χ3v) is 4.23. The molecule has 0 saturated carbocycles. The van der Waals surface area contributed by atoms with Gasteiger partial charge in [0.25, 0.3) is 0 Å². The molecule has 0 N–H and O–H groups in total. The highest BCUT2D eigenvalue weighted by atomic mass is 16.5. The number of carbonyl (C=O) groups is 1. The van der Waals surface area contributed by atoms with Crippen LogP contribution in [0, 0.1) is 6.92 Å². The highest BCUT2D eigenvalue weighted by molar-refractivity contribution is 5.97. The van der Waals surface area contributed by atoms with E-state index >= 15 is 0 Å². The van der Waals surface area contributed by atoms with Gasteiger partial charge in [-0.25, -0.2) is 0 Å². The number of Topliss-reactive ketones (excluding diaryl/α,β-unsaturated/α-hetero) is 1. The molecule has 0 radical (unpaired) electrons. The quantitative estimate of drug-likeness (QED) is 0.759. The number of ketones is 1. The van der Waals surface area contributed by atoms with Crippen LogP contribution >= 0.6 is 0 Å². The molecule has 0 aromatic heterocycles. The minimum atomic E-state index is 0.192. The fourth-order valence-corrected chi connectivity index (χ4v) is 2.94. The number of hydrogen-bond donors (Lipinski definition) is 0. The predicted octanol–water partition coefficient (Wildman–Crippen LogP) is 3.85. The Morgan fingerprint density at radius 1 is 1.09 bits per heavy atom. The van der Waals surface area contributed by atoms with Gasteiger partial charge in [-0.3, -0.25) is 9.69 Å². The lowest BCUT2D eigenvalue weighted by Gasteiger charge is -2.13. The lowest BCUT2D eigenvalue weighted by molar-refractivity contribution is 0.0945. The monoisotopic (exact) mass is 309 g/mol. The zero-order valence-corrected chi connectivity index (χ0v) is 13.6. The molecule has 0 bridgehead atoms. The molecule has 2 aromatic rings. The molecular weight excluding hydrogens is 286 g/mol. The number of carbonyl (C=O) groups excluding carboxylic acids is 1. The number of nitrogens with zero attached hydrogens (tertiary/aromatic N) is 1. The molecule has 0 amide bonds. The molecule has 23 heavy (non-hydrogen) atoms. The Balaban J connectivity index is 1.55. The van der Waals surface area contributed by atoms with Gasteiger partial charge in [-0.05, 0) is 62.7 Å². The first-order chi connectivity index (χ1) is 11.2. The van der Waals surface area contributed by atoms with Crippen LogP contribution in [0.2, 0.25) is 0 Å². The van der Waals surface area contributed by atoms with E-state index in [0.29, 0.717) is 13.2 Å². The predicted molar refractivity (Wildman–Crippen MR) is 92.0 cm³/mol. The zero-order valence-electron chi connectivity index (χ0n) is 13.6. The summed E-state index contributed by atoms with van der Waals surface area (Å²) in [5.74, 6) is 0.987. The molecule has 1 aliphatic rings. The molecule has 0 atom stereocenters. The van der Waals surface area contributed by atoms with Gasteiger partial charge in [0.05, 0.1) is 6.54 Å². The maximum atomic E-state index is 12.2. The van der Waals surface area contributed by atoms with Crippen LogP contribution in [0.3, 0.4) is 0 Å². The van der Waals surface area contributed by atoms with Gasteiger partial charge in [-0.15, -0.1) is 0 Å². The summed E-state index contributed by atoms with van der Waals surface area (Å²) < 4.78 is 5.79. The van der Waals surface area contributed by atoms with Gasteiger partial charge < -0.3 is 4.74 Å². The van der Waals surface area contributed by atoms with Gasteiger partial charge in [-0.2, -0.15) is 0 Å². The van der Waals surface area contributed by atoms with E-state index in [1.54, 1.807) is 0 Å². The lowest BCUT2D eigenvalue weighted by atomic mass is 10.1. The summed E-state index contributed by atoms with van der Waals surface area (Å²) in [4.78, 5) is 14.5. The van der Waals surface area contributed by atoms with E-state index in [0.717, 1.165) is 30.0 Å². The van der Waals surface area contributed by atoms with E-state index in [4.69, 9.17) is 4.74 Å². The van der Waals surface area contributed by atoms with Crippen molar-refractivity contribution in [2.75, 3.05) is 19.6 Å². The number of benzene rings is 2. The van der Waals surface area contributed by atoms with Crippen molar-refractivity contribution in [1.29, 1.82) is 0 Å². The van der Waals surface area contributed by atoms with E-state index in [-0.39, 0.29) is 5.78 Å². The maximum absolute atomic E-state index is 12.2. The summed E-state index contributed by atoms with van der Waals surface area (Å²) in [7, 11) is 0. The first-order valence-electron chi connectivity index (χ1n) is 8.25. The third kappa shape index (κ3) is 4.42. The molecule has 120 valence electrons. The summed E-state index contributed by atoms with van der Waals surface area (Å²) >= 11 is 0. The minimum absolute atomic E-state index is 0.192. The zero-order chi connectivity index (χ0) is 16.1. The highest BCUT2D eigenvalue weighted by Crippen LogP contribution is 2.16.